The zero-order valence-electron chi connectivity index (χ0n) is 3.86. The third-order valence-corrected chi connectivity index (χ3v) is 0. The zero-order chi connectivity index (χ0) is 4.00. The molecular weight excluding hydrogens is 136 g/mol. The van der Waals surface area contributed by atoms with Crippen LogP contribution in [0.3, 0.4) is 0 Å². The van der Waals surface area contributed by atoms with Gasteiger partial charge in [0.1, 0.15) is 0 Å². The van der Waals surface area contributed by atoms with E-state index in [-0.39, 0.29) is 32.7 Å². The Kier molecular flexibility index (Phi) is 216. The normalized spacial score (nSPS) is 2.20. The summed E-state index contributed by atoms with van der Waals surface area (Å²) in [6, 6.07) is 0. The Morgan fingerprint density at radius 2 is 1.20 bits per heavy atom. The van der Waals surface area contributed by atoms with Gasteiger partial charge in [-0.3, -0.25) is 0 Å². The van der Waals surface area contributed by atoms with E-state index in [0.717, 1.165) is 0 Å². The molecular formula is C3H8BY-. The molecule has 0 bridgehead atoms. The van der Waals surface area contributed by atoms with E-state index < -0.39 is 0 Å². The van der Waals surface area contributed by atoms with Crippen LogP contribution in [0.1, 0.15) is 6.92 Å². The Labute approximate surface area is 61.0 Å². The molecule has 0 fully saturated rings. The van der Waals surface area contributed by atoms with Crippen LogP contribution in [0.15, 0.2) is 0 Å². The van der Waals surface area contributed by atoms with Gasteiger partial charge in [-0.2, -0.15) is 6.92 Å². The molecule has 0 aromatic rings. The first-order chi connectivity index (χ1) is 2.00. The van der Waals surface area contributed by atoms with Crippen molar-refractivity contribution in [3.05, 3.63) is 6.92 Å². The predicted octanol–water partition coefficient (Wildman–Crippen LogP) is 1.04. The monoisotopic (exact) mass is 144 g/mol. The van der Waals surface area contributed by atoms with Crippen LogP contribution in [0.2, 0.25) is 6.82 Å². The minimum atomic E-state index is 0. The van der Waals surface area contributed by atoms with Gasteiger partial charge in [-0.05, 0) is 0 Å². The Bertz CT molecular complexity index is 6.85. The Morgan fingerprint density at radius 3 is 1.20 bits per heavy atom. The average Bonchev–Trinajstić information content (AvgIpc) is 1.50. The van der Waals surface area contributed by atoms with E-state index in [9.17, 15) is 0 Å². The maximum atomic E-state index is 4.50. The van der Waals surface area contributed by atoms with Crippen molar-refractivity contribution in [3.63, 3.8) is 0 Å². The van der Waals surface area contributed by atoms with Crippen LogP contribution < -0.4 is 0 Å². The van der Waals surface area contributed by atoms with E-state index in [1.165, 1.54) is 6.82 Å². The molecule has 0 atom stereocenters. The molecule has 0 rings (SSSR count). The average molecular weight is 144 g/mol. The molecule has 0 aromatic carbocycles. The van der Waals surface area contributed by atoms with Gasteiger partial charge in [-0.15, -0.1) is 0 Å². The molecule has 5 heavy (non-hydrogen) atoms. The Morgan fingerprint density at radius 1 is 1.20 bits per heavy atom. The van der Waals surface area contributed by atoms with Crippen LogP contribution >= 0.6 is 0 Å². The summed E-state index contributed by atoms with van der Waals surface area (Å²) in [7, 11) is 4.50. The molecule has 0 heterocycles. The maximum absolute atomic E-state index is 4.50. The molecule has 0 amide bonds. The summed E-state index contributed by atoms with van der Waals surface area (Å²) >= 11 is 0. The molecule has 0 unspecified atom stereocenters. The zero-order valence-corrected chi connectivity index (χ0v) is 6.70. The van der Waals surface area contributed by atoms with Crippen LogP contribution in [0.4, 0.5) is 0 Å². The Balaban J connectivity index is -0.0000000133. The largest absolute Gasteiger partial charge is 0.346 e. The van der Waals surface area contributed by atoms with Crippen LogP contribution in [0.25, 0.3) is 0 Å². The summed E-state index contributed by atoms with van der Waals surface area (Å²) in [6.07, 6.45) is 0. The predicted molar refractivity (Wildman–Crippen MR) is 22.6 cm³/mol. The summed E-state index contributed by atoms with van der Waals surface area (Å²) in [6.45, 7) is 6.50. The Hall–Kier alpha value is 1.17. The van der Waals surface area contributed by atoms with Crippen LogP contribution in [-0.4, -0.2) is 7.85 Å². The molecule has 0 nitrogen and oxygen atoms in total. The van der Waals surface area contributed by atoms with Crippen molar-refractivity contribution in [2.75, 3.05) is 0 Å². The fraction of sp³-hybridized carbons (Fsp3) is 0.667. The van der Waals surface area contributed by atoms with Crippen molar-refractivity contribution in [1.29, 1.82) is 0 Å². The minimum absolute atomic E-state index is 0. The molecule has 27 valence electrons. The molecule has 0 spiro atoms. The van der Waals surface area contributed by atoms with Crippen LogP contribution in [0.5, 0.6) is 0 Å². The SMILES string of the molecule is [B]C.[CH2-]C.[Y]. The van der Waals surface area contributed by atoms with E-state index in [0.29, 0.717) is 0 Å². The smallest absolute Gasteiger partial charge is 0.0606 e. The quantitative estimate of drug-likeness (QED) is 0.351. The number of rotatable bonds is 0. The van der Waals surface area contributed by atoms with Gasteiger partial charge in [0, 0.05) is 32.7 Å². The summed E-state index contributed by atoms with van der Waals surface area (Å²) in [5.74, 6) is 0. The second kappa shape index (κ2) is 65.8. The van der Waals surface area contributed by atoms with Gasteiger partial charge in [-0.25, -0.2) is 0 Å². The van der Waals surface area contributed by atoms with E-state index >= 15 is 0 Å². The maximum Gasteiger partial charge on any atom is 0.0606 e. The summed E-state index contributed by atoms with van der Waals surface area (Å²) < 4.78 is 0. The van der Waals surface area contributed by atoms with E-state index in [2.05, 4.69) is 14.8 Å². The first-order valence-electron chi connectivity index (χ1n) is 1.28. The molecule has 0 saturated carbocycles. The standard InChI is InChI=1S/C2H5.CH3B.Y/c2*1-2;/h1H2,2H3;1H3;/q-1;;. The van der Waals surface area contributed by atoms with Gasteiger partial charge in [0.15, 0.2) is 0 Å². The van der Waals surface area contributed by atoms with Gasteiger partial charge in [0.2, 0.25) is 0 Å². The van der Waals surface area contributed by atoms with Gasteiger partial charge in [0.05, 0.1) is 7.85 Å². The van der Waals surface area contributed by atoms with E-state index in [1.54, 1.807) is 6.92 Å². The van der Waals surface area contributed by atoms with Crippen molar-refractivity contribution in [2.24, 2.45) is 0 Å². The second-order valence-corrected chi connectivity index (χ2v) is 0. The van der Waals surface area contributed by atoms with Crippen LogP contribution in [-0.2, 0) is 32.7 Å². The van der Waals surface area contributed by atoms with Crippen molar-refractivity contribution >= 4 is 7.85 Å². The van der Waals surface area contributed by atoms with E-state index in [4.69, 9.17) is 0 Å². The van der Waals surface area contributed by atoms with Crippen LogP contribution in [0, 0.1) is 6.92 Å². The first-order valence-corrected chi connectivity index (χ1v) is 1.28. The second-order valence-electron chi connectivity index (χ2n) is 0. The summed E-state index contributed by atoms with van der Waals surface area (Å²) in [4.78, 5) is 0. The summed E-state index contributed by atoms with van der Waals surface area (Å²) in [5.41, 5.74) is 0. The van der Waals surface area contributed by atoms with Gasteiger partial charge < -0.3 is 6.92 Å². The first kappa shape index (κ1) is 16.4. The molecule has 0 aliphatic rings. The van der Waals surface area contributed by atoms with Gasteiger partial charge in [-0.1, -0.05) is 6.82 Å². The molecule has 2 heteroatoms. The molecule has 0 aromatic heterocycles. The number of hydrogen-bond donors (Lipinski definition) is 0. The molecule has 0 aliphatic carbocycles. The summed E-state index contributed by atoms with van der Waals surface area (Å²) in [5, 5.41) is 0. The van der Waals surface area contributed by atoms with Crippen molar-refractivity contribution < 1.29 is 32.7 Å². The van der Waals surface area contributed by atoms with Crippen molar-refractivity contribution in [2.45, 2.75) is 13.7 Å². The molecule has 0 saturated heterocycles. The van der Waals surface area contributed by atoms with Gasteiger partial charge >= 0.3 is 0 Å². The fourth-order valence-electron chi connectivity index (χ4n) is 0. The van der Waals surface area contributed by atoms with Crippen molar-refractivity contribution in [3.8, 4) is 0 Å². The third kappa shape index (κ3) is 38.0. The molecule has 0 aliphatic heterocycles. The number of hydrogen-bond acceptors (Lipinski definition) is 0. The van der Waals surface area contributed by atoms with E-state index in [1.807, 2.05) is 0 Å². The topological polar surface area (TPSA) is 0 Å². The molecule has 3 radical (unpaired) electrons. The molecule has 0 N–H and O–H groups in total. The fourth-order valence-corrected chi connectivity index (χ4v) is 0. The van der Waals surface area contributed by atoms with Crippen molar-refractivity contribution in [1.82, 2.24) is 0 Å². The third-order valence-electron chi connectivity index (χ3n) is 0. The van der Waals surface area contributed by atoms with Gasteiger partial charge in [0.25, 0.3) is 0 Å². The minimum Gasteiger partial charge on any atom is -0.346 e.